The van der Waals surface area contributed by atoms with Gasteiger partial charge in [-0.1, -0.05) is 72.3 Å². The third kappa shape index (κ3) is 3.52. The number of hydroxylamine groups is 1. The summed E-state index contributed by atoms with van der Waals surface area (Å²) in [5.41, 5.74) is 2.29. The van der Waals surface area contributed by atoms with Crippen molar-refractivity contribution in [2.75, 3.05) is 9.96 Å². The smallest absolute Gasteiger partial charge is 0.266 e. The van der Waals surface area contributed by atoms with Crippen molar-refractivity contribution in [2.45, 2.75) is 12.1 Å². The van der Waals surface area contributed by atoms with Crippen LogP contribution in [0.5, 0.6) is 0 Å². The summed E-state index contributed by atoms with van der Waals surface area (Å²) in [6, 6.07) is 25.4. The molecule has 3 aromatic rings. The number of imide groups is 1. The highest BCUT2D eigenvalue weighted by molar-refractivity contribution is 6.30. The molecule has 2 heterocycles. The zero-order chi connectivity index (χ0) is 21.4. The fourth-order valence-corrected chi connectivity index (χ4v) is 4.19. The van der Waals surface area contributed by atoms with E-state index in [0.29, 0.717) is 10.7 Å². The van der Waals surface area contributed by atoms with Crippen molar-refractivity contribution in [1.29, 1.82) is 0 Å². The average molecular weight is 431 g/mol. The Bertz CT molecular complexity index is 1130. The van der Waals surface area contributed by atoms with E-state index in [0.717, 1.165) is 11.3 Å². The fourth-order valence-electron chi connectivity index (χ4n) is 4.06. The number of anilines is 2. The topological polar surface area (TPSA) is 49.9 Å². The zero-order valence-electron chi connectivity index (χ0n) is 16.5. The number of fused-ring (bicyclic) bond motifs is 1. The molecule has 3 atom stereocenters. The minimum atomic E-state index is -0.868. The molecule has 6 heteroatoms. The van der Waals surface area contributed by atoms with Gasteiger partial charge in [0, 0.05) is 5.02 Å². The van der Waals surface area contributed by atoms with Crippen molar-refractivity contribution < 1.29 is 14.4 Å². The van der Waals surface area contributed by atoms with E-state index in [4.69, 9.17) is 16.4 Å². The largest absolute Gasteiger partial charge is 0.273 e. The number of halogens is 1. The van der Waals surface area contributed by atoms with Crippen LogP contribution in [0.3, 0.4) is 0 Å². The molecule has 1 unspecified atom stereocenters. The molecule has 2 aliphatic heterocycles. The maximum Gasteiger partial charge on any atom is 0.266 e. The lowest BCUT2D eigenvalue weighted by molar-refractivity contribution is -0.126. The Morgan fingerprint density at radius 2 is 1.39 bits per heavy atom. The van der Waals surface area contributed by atoms with E-state index in [-0.39, 0.29) is 11.8 Å². The number of carbonyl (C=O) groups excluding carboxylic acids is 2. The maximum atomic E-state index is 13.4. The van der Waals surface area contributed by atoms with Crippen molar-refractivity contribution in [3.8, 4) is 0 Å². The summed E-state index contributed by atoms with van der Waals surface area (Å²) in [5.74, 6) is -1.24. The van der Waals surface area contributed by atoms with Gasteiger partial charge in [0.2, 0.25) is 5.91 Å². The third-order valence-corrected chi connectivity index (χ3v) is 5.79. The molecule has 5 nitrogen and oxygen atoms in total. The standard InChI is InChI=1S/C25H19ClN2O3/c26-18-14-11-17(12-15-18)13-16-21-22-23(31-28(21)20-9-5-2-6-10-20)25(30)27(24(22)29)19-7-3-1-4-8-19/h1-16,21-23H/b16-13+/t21?,22-,23+/m0/s1. The van der Waals surface area contributed by atoms with Crippen LogP contribution in [0.1, 0.15) is 5.56 Å². The summed E-state index contributed by atoms with van der Waals surface area (Å²) in [4.78, 5) is 33.8. The van der Waals surface area contributed by atoms with Crippen LogP contribution in [-0.4, -0.2) is 24.0 Å². The van der Waals surface area contributed by atoms with Gasteiger partial charge in [-0.2, -0.15) is 0 Å². The van der Waals surface area contributed by atoms with Crippen molar-refractivity contribution in [2.24, 2.45) is 5.92 Å². The van der Waals surface area contributed by atoms with Gasteiger partial charge in [0.1, 0.15) is 5.92 Å². The molecule has 2 fully saturated rings. The van der Waals surface area contributed by atoms with E-state index in [2.05, 4.69) is 0 Å². The minimum absolute atomic E-state index is 0.259. The molecule has 0 spiro atoms. The predicted molar refractivity (Wildman–Crippen MR) is 120 cm³/mol. The van der Waals surface area contributed by atoms with Crippen LogP contribution in [0.25, 0.3) is 6.08 Å². The zero-order valence-corrected chi connectivity index (χ0v) is 17.2. The van der Waals surface area contributed by atoms with Crippen LogP contribution < -0.4 is 9.96 Å². The van der Waals surface area contributed by atoms with Crippen LogP contribution in [0, 0.1) is 5.92 Å². The monoisotopic (exact) mass is 430 g/mol. The number of carbonyl (C=O) groups is 2. The molecule has 0 N–H and O–H groups in total. The summed E-state index contributed by atoms with van der Waals surface area (Å²) in [7, 11) is 0. The van der Waals surface area contributed by atoms with Crippen molar-refractivity contribution >= 4 is 40.9 Å². The van der Waals surface area contributed by atoms with Crippen LogP contribution in [-0.2, 0) is 14.4 Å². The van der Waals surface area contributed by atoms with Gasteiger partial charge >= 0.3 is 0 Å². The molecule has 0 saturated carbocycles. The summed E-state index contributed by atoms with van der Waals surface area (Å²) < 4.78 is 0. The van der Waals surface area contributed by atoms with E-state index >= 15 is 0 Å². The first-order chi connectivity index (χ1) is 15.1. The number of rotatable bonds is 4. The highest BCUT2D eigenvalue weighted by Gasteiger charge is 2.59. The van der Waals surface area contributed by atoms with Gasteiger partial charge in [-0.25, -0.2) is 9.96 Å². The van der Waals surface area contributed by atoms with Gasteiger partial charge in [0.15, 0.2) is 6.10 Å². The molecular weight excluding hydrogens is 412 g/mol. The quantitative estimate of drug-likeness (QED) is 0.561. The Balaban J connectivity index is 1.52. The summed E-state index contributed by atoms with van der Waals surface area (Å²) in [5, 5.41) is 2.32. The first kappa shape index (κ1) is 19.5. The van der Waals surface area contributed by atoms with Gasteiger partial charge in [-0.15, -0.1) is 0 Å². The third-order valence-electron chi connectivity index (χ3n) is 5.54. The van der Waals surface area contributed by atoms with Gasteiger partial charge in [-0.05, 0) is 42.0 Å². The lowest BCUT2D eigenvalue weighted by Gasteiger charge is -2.26. The first-order valence-electron chi connectivity index (χ1n) is 10.0. The molecule has 0 bridgehead atoms. The first-order valence-corrected chi connectivity index (χ1v) is 10.4. The molecule has 154 valence electrons. The number of hydrogen-bond acceptors (Lipinski definition) is 4. The van der Waals surface area contributed by atoms with E-state index in [1.807, 2.05) is 72.8 Å². The second-order valence-corrected chi connectivity index (χ2v) is 7.90. The number of benzene rings is 3. The molecule has 2 saturated heterocycles. The Kier molecular flexibility index (Phi) is 5.06. The highest BCUT2D eigenvalue weighted by Crippen LogP contribution is 2.40. The Labute approximate surface area is 185 Å². The maximum absolute atomic E-state index is 13.4. The number of hydrogen-bond donors (Lipinski definition) is 0. The molecule has 0 aromatic heterocycles. The highest BCUT2D eigenvalue weighted by atomic mass is 35.5. The molecule has 0 radical (unpaired) electrons. The lowest BCUT2D eigenvalue weighted by atomic mass is 9.95. The molecule has 3 aromatic carbocycles. The van der Waals surface area contributed by atoms with Gasteiger partial charge in [0.25, 0.3) is 5.91 Å². The predicted octanol–water partition coefficient (Wildman–Crippen LogP) is 4.73. The molecule has 0 aliphatic carbocycles. The minimum Gasteiger partial charge on any atom is -0.273 e. The second-order valence-electron chi connectivity index (χ2n) is 7.46. The molecule has 2 amide bonds. The SMILES string of the molecule is O=C1[C@@H]2ON(c3ccccc3)C(/C=C/c3ccc(Cl)cc3)[C@@H]2C(=O)N1c1ccccc1. The summed E-state index contributed by atoms with van der Waals surface area (Å²) >= 11 is 5.98. The Morgan fingerprint density at radius 3 is 2.03 bits per heavy atom. The molecular formula is C25H19ClN2O3. The van der Waals surface area contributed by atoms with Gasteiger partial charge in [-0.3, -0.25) is 14.4 Å². The van der Waals surface area contributed by atoms with Crippen LogP contribution in [0.4, 0.5) is 11.4 Å². The van der Waals surface area contributed by atoms with E-state index in [9.17, 15) is 9.59 Å². The summed E-state index contributed by atoms with van der Waals surface area (Å²) in [6.45, 7) is 0. The van der Waals surface area contributed by atoms with Gasteiger partial charge < -0.3 is 0 Å². The van der Waals surface area contributed by atoms with Crippen LogP contribution in [0.2, 0.25) is 5.02 Å². The number of nitrogens with zero attached hydrogens (tertiary/aromatic N) is 2. The molecule has 31 heavy (non-hydrogen) atoms. The fraction of sp³-hybridized carbons (Fsp3) is 0.120. The van der Waals surface area contributed by atoms with Gasteiger partial charge in [0.05, 0.1) is 17.4 Å². The summed E-state index contributed by atoms with van der Waals surface area (Å²) in [6.07, 6.45) is 2.97. The van der Waals surface area contributed by atoms with Crippen molar-refractivity contribution in [1.82, 2.24) is 0 Å². The van der Waals surface area contributed by atoms with Crippen LogP contribution in [0.15, 0.2) is 91.0 Å². The normalized spacial score (nSPS) is 23.1. The molecule has 2 aliphatic rings. The Morgan fingerprint density at radius 1 is 0.774 bits per heavy atom. The van der Waals surface area contributed by atoms with Crippen LogP contribution >= 0.6 is 11.6 Å². The van der Waals surface area contributed by atoms with E-state index in [1.54, 1.807) is 29.3 Å². The Hall–Kier alpha value is -3.41. The number of amides is 2. The van der Waals surface area contributed by atoms with E-state index in [1.165, 1.54) is 4.90 Å². The van der Waals surface area contributed by atoms with Crippen molar-refractivity contribution in [3.63, 3.8) is 0 Å². The van der Waals surface area contributed by atoms with Crippen molar-refractivity contribution in [3.05, 3.63) is 102 Å². The lowest BCUT2D eigenvalue weighted by Crippen LogP contribution is -2.39. The number of para-hydroxylation sites is 2. The second kappa shape index (κ2) is 8.02. The average Bonchev–Trinajstić information content (AvgIpc) is 3.30. The molecule has 5 rings (SSSR count). The van der Waals surface area contributed by atoms with E-state index < -0.39 is 18.1 Å².